The summed E-state index contributed by atoms with van der Waals surface area (Å²) in [5, 5.41) is 4.39. The normalized spacial score (nSPS) is 19.9. The highest BCUT2D eigenvalue weighted by Gasteiger charge is 2.38. The zero-order chi connectivity index (χ0) is 13.0. The molecule has 0 aliphatic heterocycles. The Labute approximate surface area is 116 Å². The molecule has 1 N–H and O–H groups in total. The molecule has 1 fully saturated rings. The molecule has 0 spiro atoms. The highest BCUT2D eigenvalue weighted by Crippen LogP contribution is 2.44. The van der Waals surface area contributed by atoms with Gasteiger partial charge in [-0.25, -0.2) is 0 Å². The van der Waals surface area contributed by atoms with Crippen molar-refractivity contribution in [3.05, 3.63) is 34.9 Å². The Morgan fingerprint density at radius 1 is 1.22 bits per heavy atom. The van der Waals surface area contributed by atoms with E-state index in [-0.39, 0.29) is 0 Å². The van der Waals surface area contributed by atoms with Gasteiger partial charge >= 0.3 is 0 Å². The Balaban J connectivity index is 2.11. The predicted octanol–water partition coefficient (Wildman–Crippen LogP) is 4.44. The Morgan fingerprint density at radius 3 is 2.33 bits per heavy atom. The van der Waals surface area contributed by atoms with Crippen LogP contribution in [0.15, 0.2) is 24.3 Å². The maximum atomic E-state index is 5.95. The lowest BCUT2D eigenvalue weighted by Gasteiger charge is -2.37. The van der Waals surface area contributed by atoms with Crippen molar-refractivity contribution in [2.75, 3.05) is 7.05 Å². The van der Waals surface area contributed by atoms with E-state index < -0.39 is 0 Å². The fraction of sp³-hybridized carbons (Fsp3) is 0.625. The van der Waals surface area contributed by atoms with Crippen LogP contribution in [0.25, 0.3) is 0 Å². The summed E-state index contributed by atoms with van der Waals surface area (Å²) in [6.45, 7) is 2.34. The summed E-state index contributed by atoms with van der Waals surface area (Å²) in [5.74, 6) is 0. The van der Waals surface area contributed by atoms with E-state index in [4.69, 9.17) is 11.6 Å². The first-order chi connectivity index (χ1) is 8.70. The topological polar surface area (TPSA) is 12.0 Å². The van der Waals surface area contributed by atoms with Gasteiger partial charge in [0.2, 0.25) is 0 Å². The van der Waals surface area contributed by atoms with Crippen LogP contribution in [-0.2, 0) is 6.42 Å². The highest BCUT2D eigenvalue weighted by atomic mass is 35.5. The third-order valence-electron chi connectivity index (χ3n) is 4.74. The van der Waals surface area contributed by atoms with Crippen LogP contribution < -0.4 is 5.32 Å². The molecule has 1 saturated carbocycles. The van der Waals surface area contributed by atoms with Gasteiger partial charge in [0.25, 0.3) is 0 Å². The SMILES string of the molecule is CCC1(C(Cc2ccc(Cl)cc2)NC)CCCC1. The third kappa shape index (κ3) is 2.89. The summed E-state index contributed by atoms with van der Waals surface area (Å²) in [6.07, 6.45) is 7.94. The van der Waals surface area contributed by atoms with Crippen molar-refractivity contribution in [1.82, 2.24) is 5.32 Å². The molecular formula is C16H24ClN. The molecule has 1 aliphatic rings. The highest BCUT2D eigenvalue weighted by molar-refractivity contribution is 6.30. The molecule has 0 aromatic heterocycles. The summed E-state index contributed by atoms with van der Waals surface area (Å²) < 4.78 is 0. The smallest absolute Gasteiger partial charge is 0.0406 e. The van der Waals surface area contributed by atoms with E-state index in [2.05, 4.69) is 31.4 Å². The lowest BCUT2D eigenvalue weighted by Crippen LogP contribution is -2.43. The molecule has 1 aromatic carbocycles. The van der Waals surface area contributed by atoms with Gasteiger partial charge in [0.1, 0.15) is 0 Å². The molecule has 2 heteroatoms. The number of benzene rings is 1. The van der Waals surface area contributed by atoms with Gasteiger partial charge in [0, 0.05) is 11.1 Å². The first kappa shape index (κ1) is 13.9. The second-order valence-corrected chi connectivity index (χ2v) is 6.03. The summed E-state index contributed by atoms with van der Waals surface area (Å²) in [7, 11) is 2.11. The molecule has 1 aliphatic carbocycles. The van der Waals surface area contributed by atoms with E-state index in [1.807, 2.05) is 12.1 Å². The predicted molar refractivity (Wildman–Crippen MR) is 79.2 cm³/mol. The lowest BCUT2D eigenvalue weighted by atomic mass is 9.74. The van der Waals surface area contributed by atoms with Crippen LogP contribution in [0.2, 0.25) is 5.02 Å². The minimum Gasteiger partial charge on any atom is -0.316 e. The molecule has 1 atom stereocenters. The largest absolute Gasteiger partial charge is 0.316 e. The minimum atomic E-state index is 0.508. The quantitative estimate of drug-likeness (QED) is 0.830. The fourth-order valence-electron chi connectivity index (χ4n) is 3.51. The number of likely N-dealkylation sites (N-methyl/N-ethyl adjacent to an activating group) is 1. The van der Waals surface area contributed by atoms with Crippen molar-refractivity contribution >= 4 is 11.6 Å². The Morgan fingerprint density at radius 2 is 1.83 bits per heavy atom. The molecule has 18 heavy (non-hydrogen) atoms. The van der Waals surface area contributed by atoms with E-state index in [0.29, 0.717) is 11.5 Å². The molecular weight excluding hydrogens is 242 g/mol. The monoisotopic (exact) mass is 265 g/mol. The fourth-order valence-corrected chi connectivity index (χ4v) is 3.63. The molecule has 0 saturated heterocycles. The van der Waals surface area contributed by atoms with Gasteiger partial charge in [0.15, 0.2) is 0 Å². The van der Waals surface area contributed by atoms with Crippen molar-refractivity contribution in [1.29, 1.82) is 0 Å². The molecule has 1 aromatic rings. The number of halogens is 1. The molecule has 1 nitrogen and oxygen atoms in total. The van der Waals surface area contributed by atoms with Crippen LogP contribution in [0, 0.1) is 5.41 Å². The Kier molecular flexibility index (Phi) is 4.69. The standard InChI is InChI=1S/C16H24ClN/c1-3-16(10-4-5-11-16)15(18-2)12-13-6-8-14(17)9-7-13/h6-9,15,18H,3-5,10-12H2,1-2H3. The number of rotatable bonds is 5. The summed E-state index contributed by atoms with van der Waals surface area (Å²) >= 11 is 5.95. The minimum absolute atomic E-state index is 0.508. The Bertz CT molecular complexity index is 365. The van der Waals surface area contributed by atoms with Crippen molar-refractivity contribution in [2.24, 2.45) is 5.41 Å². The van der Waals surface area contributed by atoms with Gasteiger partial charge in [-0.15, -0.1) is 0 Å². The number of nitrogens with one attached hydrogen (secondary N) is 1. The van der Waals surface area contributed by atoms with Crippen LogP contribution >= 0.6 is 11.6 Å². The van der Waals surface area contributed by atoms with E-state index in [9.17, 15) is 0 Å². The lowest BCUT2D eigenvalue weighted by molar-refractivity contribution is 0.192. The number of hydrogen-bond donors (Lipinski definition) is 1. The summed E-state index contributed by atoms with van der Waals surface area (Å²) in [4.78, 5) is 0. The average Bonchev–Trinajstić information content (AvgIpc) is 2.88. The van der Waals surface area contributed by atoms with Gasteiger partial charge in [-0.2, -0.15) is 0 Å². The first-order valence-corrected chi connectivity index (χ1v) is 7.50. The second kappa shape index (κ2) is 6.08. The zero-order valence-electron chi connectivity index (χ0n) is 11.5. The zero-order valence-corrected chi connectivity index (χ0v) is 12.3. The van der Waals surface area contributed by atoms with Crippen molar-refractivity contribution in [3.63, 3.8) is 0 Å². The molecule has 100 valence electrons. The van der Waals surface area contributed by atoms with Gasteiger partial charge in [0.05, 0.1) is 0 Å². The molecule has 0 bridgehead atoms. The van der Waals surface area contributed by atoms with Crippen molar-refractivity contribution < 1.29 is 0 Å². The van der Waals surface area contributed by atoms with Crippen molar-refractivity contribution in [3.8, 4) is 0 Å². The van der Waals surface area contributed by atoms with Crippen LogP contribution in [0.4, 0.5) is 0 Å². The van der Waals surface area contributed by atoms with E-state index in [1.54, 1.807) is 0 Å². The maximum absolute atomic E-state index is 5.95. The molecule has 1 unspecified atom stereocenters. The number of hydrogen-bond acceptors (Lipinski definition) is 1. The van der Waals surface area contributed by atoms with Crippen LogP contribution in [0.1, 0.15) is 44.6 Å². The van der Waals surface area contributed by atoms with Crippen molar-refractivity contribution in [2.45, 2.75) is 51.5 Å². The second-order valence-electron chi connectivity index (χ2n) is 5.59. The molecule has 0 radical (unpaired) electrons. The van der Waals surface area contributed by atoms with E-state index >= 15 is 0 Å². The summed E-state index contributed by atoms with van der Waals surface area (Å²) in [6, 6.07) is 8.90. The molecule has 0 amide bonds. The maximum Gasteiger partial charge on any atom is 0.0406 e. The average molecular weight is 266 g/mol. The Hall–Kier alpha value is -0.530. The molecule has 2 rings (SSSR count). The van der Waals surface area contributed by atoms with Crippen LogP contribution in [0.3, 0.4) is 0 Å². The van der Waals surface area contributed by atoms with Crippen LogP contribution in [0.5, 0.6) is 0 Å². The van der Waals surface area contributed by atoms with Gasteiger partial charge in [-0.05, 0) is 55.8 Å². The van der Waals surface area contributed by atoms with E-state index in [1.165, 1.54) is 37.7 Å². The van der Waals surface area contributed by atoms with Gasteiger partial charge in [-0.3, -0.25) is 0 Å². The van der Waals surface area contributed by atoms with Gasteiger partial charge in [-0.1, -0.05) is 43.5 Å². The van der Waals surface area contributed by atoms with Crippen LogP contribution in [-0.4, -0.2) is 13.1 Å². The molecule has 0 heterocycles. The first-order valence-electron chi connectivity index (χ1n) is 7.12. The summed E-state index contributed by atoms with van der Waals surface area (Å²) in [5.41, 5.74) is 1.90. The van der Waals surface area contributed by atoms with E-state index in [0.717, 1.165) is 11.4 Å². The van der Waals surface area contributed by atoms with Gasteiger partial charge < -0.3 is 5.32 Å². The third-order valence-corrected chi connectivity index (χ3v) is 5.00.